The lowest BCUT2D eigenvalue weighted by molar-refractivity contribution is 0.178. The average molecular weight is 278 g/mol. The Bertz CT molecular complexity index is 587. The number of anilines is 2. The third kappa shape index (κ3) is 3.66. The maximum absolute atomic E-state index is 5.97. The van der Waals surface area contributed by atoms with E-state index in [9.17, 15) is 0 Å². The molecule has 0 saturated heterocycles. The van der Waals surface area contributed by atoms with Gasteiger partial charge in [0.05, 0.1) is 0 Å². The molecule has 0 bridgehead atoms. The lowest BCUT2D eigenvalue weighted by atomic mass is 10.1. The molecule has 0 radical (unpaired) electrons. The number of halogens is 1. The van der Waals surface area contributed by atoms with Crippen molar-refractivity contribution in [2.75, 3.05) is 12.4 Å². The number of hydrogen-bond acceptors (Lipinski definition) is 4. The SMILES string of the molecule is COCc1nc(Cl)cc(Nc2ccc(C)cc2C)n1. The molecule has 100 valence electrons. The van der Waals surface area contributed by atoms with Gasteiger partial charge in [0, 0.05) is 18.9 Å². The van der Waals surface area contributed by atoms with Crippen molar-refractivity contribution in [3.05, 3.63) is 46.4 Å². The minimum Gasteiger partial charge on any atom is -0.377 e. The van der Waals surface area contributed by atoms with Crippen LogP contribution in [-0.4, -0.2) is 17.1 Å². The third-order valence-electron chi connectivity index (χ3n) is 2.66. The van der Waals surface area contributed by atoms with Gasteiger partial charge in [0.25, 0.3) is 0 Å². The number of benzene rings is 1. The Kier molecular flexibility index (Phi) is 4.35. The lowest BCUT2D eigenvalue weighted by Crippen LogP contribution is -2.02. The Labute approximate surface area is 117 Å². The van der Waals surface area contributed by atoms with E-state index in [0.29, 0.717) is 23.4 Å². The largest absolute Gasteiger partial charge is 0.377 e. The van der Waals surface area contributed by atoms with Crippen molar-refractivity contribution >= 4 is 23.1 Å². The Morgan fingerprint density at radius 2 is 2.00 bits per heavy atom. The number of methoxy groups -OCH3 is 1. The molecule has 4 nitrogen and oxygen atoms in total. The third-order valence-corrected chi connectivity index (χ3v) is 2.85. The molecule has 0 fully saturated rings. The number of hydrogen-bond donors (Lipinski definition) is 1. The van der Waals surface area contributed by atoms with E-state index in [4.69, 9.17) is 16.3 Å². The van der Waals surface area contributed by atoms with E-state index in [1.807, 2.05) is 19.1 Å². The van der Waals surface area contributed by atoms with E-state index in [2.05, 4.69) is 28.3 Å². The highest BCUT2D eigenvalue weighted by molar-refractivity contribution is 6.29. The average Bonchev–Trinajstić information content (AvgIpc) is 2.32. The lowest BCUT2D eigenvalue weighted by Gasteiger charge is -2.10. The van der Waals surface area contributed by atoms with Gasteiger partial charge in [-0.1, -0.05) is 29.3 Å². The molecule has 0 saturated carbocycles. The van der Waals surface area contributed by atoms with E-state index in [0.717, 1.165) is 11.3 Å². The molecular formula is C14H16ClN3O. The van der Waals surface area contributed by atoms with Crippen LogP contribution in [0.15, 0.2) is 24.3 Å². The van der Waals surface area contributed by atoms with Crippen LogP contribution in [0.25, 0.3) is 0 Å². The summed E-state index contributed by atoms with van der Waals surface area (Å²) in [6, 6.07) is 7.88. The van der Waals surface area contributed by atoms with Gasteiger partial charge < -0.3 is 10.1 Å². The first kappa shape index (κ1) is 13.8. The standard InChI is InChI=1S/C14H16ClN3O/c1-9-4-5-11(10(2)6-9)16-13-7-12(15)17-14(18-13)8-19-3/h4-7H,8H2,1-3H3,(H,16,17,18). The second-order valence-electron chi connectivity index (χ2n) is 4.37. The van der Waals surface area contributed by atoms with Crippen LogP contribution < -0.4 is 5.32 Å². The predicted molar refractivity (Wildman–Crippen MR) is 77.0 cm³/mol. The van der Waals surface area contributed by atoms with Crippen LogP contribution in [0, 0.1) is 13.8 Å². The number of rotatable bonds is 4. The molecular weight excluding hydrogens is 262 g/mol. The number of aryl methyl sites for hydroxylation is 2. The van der Waals surface area contributed by atoms with Gasteiger partial charge in [-0.05, 0) is 25.5 Å². The van der Waals surface area contributed by atoms with Gasteiger partial charge in [0.2, 0.25) is 0 Å². The minimum atomic E-state index is 0.335. The molecule has 0 aliphatic heterocycles. The first-order valence-electron chi connectivity index (χ1n) is 5.95. The van der Waals surface area contributed by atoms with Gasteiger partial charge in [0.15, 0.2) is 5.82 Å². The molecule has 0 amide bonds. The maximum atomic E-state index is 5.97. The molecule has 0 aliphatic rings. The number of nitrogens with zero attached hydrogens (tertiary/aromatic N) is 2. The summed E-state index contributed by atoms with van der Waals surface area (Å²) >= 11 is 5.97. The van der Waals surface area contributed by atoms with Gasteiger partial charge in [0.1, 0.15) is 17.6 Å². The van der Waals surface area contributed by atoms with Crippen molar-refractivity contribution in [2.24, 2.45) is 0 Å². The fraction of sp³-hybridized carbons (Fsp3) is 0.286. The molecule has 0 spiro atoms. The van der Waals surface area contributed by atoms with Gasteiger partial charge in [-0.25, -0.2) is 9.97 Å². The van der Waals surface area contributed by atoms with Gasteiger partial charge >= 0.3 is 0 Å². The Balaban J connectivity index is 2.27. The Morgan fingerprint density at radius 3 is 2.68 bits per heavy atom. The van der Waals surface area contributed by atoms with Crippen LogP contribution in [-0.2, 0) is 11.3 Å². The highest BCUT2D eigenvalue weighted by Crippen LogP contribution is 2.21. The van der Waals surface area contributed by atoms with Gasteiger partial charge in [-0.2, -0.15) is 0 Å². The molecule has 2 aromatic rings. The summed E-state index contributed by atoms with van der Waals surface area (Å²) in [6.07, 6.45) is 0. The van der Waals surface area contributed by atoms with Crippen LogP contribution in [0.2, 0.25) is 5.15 Å². The number of ether oxygens (including phenoxy) is 1. The fourth-order valence-corrected chi connectivity index (χ4v) is 2.02. The quantitative estimate of drug-likeness (QED) is 0.867. The molecule has 1 heterocycles. The highest BCUT2D eigenvalue weighted by Gasteiger charge is 2.05. The molecule has 19 heavy (non-hydrogen) atoms. The van der Waals surface area contributed by atoms with Crippen molar-refractivity contribution in [2.45, 2.75) is 20.5 Å². The van der Waals surface area contributed by atoms with Crippen LogP contribution >= 0.6 is 11.6 Å². The summed E-state index contributed by atoms with van der Waals surface area (Å²) in [5.41, 5.74) is 3.38. The van der Waals surface area contributed by atoms with E-state index < -0.39 is 0 Å². The van der Waals surface area contributed by atoms with Crippen LogP contribution in [0.4, 0.5) is 11.5 Å². The maximum Gasteiger partial charge on any atom is 0.158 e. The second kappa shape index (κ2) is 5.99. The van der Waals surface area contributed by atoms with E-state index >= 15 is 0 Å². The van der Waals surface area contributed by atoms with Gasteiger partial charge in [-0.15, -0.1) is 0 Å². The normalized spacial score (nSPS) is 10.5. The molecule has 0 atom stereocenters. The minimum absolute atomic E-state index is 0.335. The molecule has 0 aliphatic carbocycles. The van der Waals surface area contributed by atoms with Crippen molar-refractivity contribution in [1.29, 1.82) is 0 Å². The molecule has 2 rings (SSSR count). The molecule has 1 aromatic heterocycles. The summed E-state index contributed by atoms with van der Waals surface area (Å²) in [7, 11) is 1.60. The zero-order valence-corrected chi connectivity index (χ0v) is 12.0. The number of nitrogens with one attached hydrogen (secondary N) is 1. The van der Waals surface area contributed by atoms with E-state index in [1.54, 1.807) is 13.2 Å². The van der Waals surface area contributed by atoms with Crippen LogP contribution in [0.1, 0.15) is 17.0 Å². The first-order chi connectivity index (χ1) is 9.08. The summed E-state index contributed by atoms with van der Waals surface area (Å²) in [5, 5.41) is 3.65. The first-order valence-corrected chi connectivity index (χ1v) is 6.33. The zero-order valence-electron chi connectivity index (χ0n) is 11.2. The summed E-state index contributed by atoms with van der Waals surface area (Å²) in [5.74, 6) is 1.22. The zero-order chi connectivity index (χ0) is 13.8. The Hall–Kier alpha value is -1.65. The summed E-state index contributed by atoms with van der Waals surface area (Å²) < 4.78 is 5.02. The molecule has 0 unspecified atom stereocenters. The smallest absolute Gasteiger partial charge is 0.158 e. The van der Waals surface area contributed by atoms with Crippen molar-refractivity contribution in [1.82, 2.24) is 9.97 Å². The molecule has 5 heteroatoms. The monoisotopic (exact) mass is 277 g/mol. The van der Waals surface area contributed by atoms with Gasteiger partial charge in [-0.3, -0.25) is 0 Å². The van der Waals surface area contributed by atoms with Crippen molar-refractivity contribution in [3.8, 4) is 0 Å². The second-order valence-corrected chi connectivity index (χ2v) is 4.76. The van der Waals surface area contributed by atoms with Crippen LogP contribution in [0.3, 0.4) is 0 Å². The van der Waals surface area contributed by atoms with E-state index in [1.165, 1.54) is 5.56 Å². The van der Waals surface area contributed by atoms with Crippen molar-refractivity contribution in [3.63, 3.8) is 0 Å². The summed E-state index contributed by atoms with van der Waals surface area (Å²) in [6.45, 7) is 4.45. The highest BCUT2D eigenvalue weighted by atomic mass is 35.5. The molecule has 1 aromatic carbocycles. The summed E-state index contributed by atoms with van der Waals surface area (Å²) in [4.78, 5) is 8.44. The Morgan fingerprint density at radius 1 is 1.21 bits per heavy atom. The topological polar surface area (TPSA) is 47.0 Å². The number of aromatic nitrogens is 2. The predicted octanol–water partition coefficient (Wildman–Crippen LogP) is 3.64. The van der Waals surface area contributed by atoms with Crippen molar-refractivity contribution < 1.29 is 4.74 Å². The molecule has 1 N–H and O–H groups in total. The fourth-order valence-electron chi connectivity index (χ4n) is 1.81. The van der Waals surface area contributed by atoms with E-state index in [-0.39, 0.29) is 0 Å². The van der Waals surface area contributed by atoms with Crippen LogP contribution in [0.5, 0.6) is 0 Å².